The standard InChI is InChI=1S/C26H27N5O3S/c1-18(2)30-16-21(24-22(17-30)26(34)31(27-24)19-7-4-3-5-8-19)25(33)29-12-10-28(11-13-29)23(32)15-20-9-6-14-35-20/h3-9,14,16-18H,10-13,15H2,1-2H3. The Kier molecular flexibility index (Phi) is 6.25. The number of piperazine rings is 1. The molecule has 5 rings (SSSR count). The molecule has 8 nitrogen and oxygen atoms in total. The second kappa shape index (κ2) is 9.50. The molecule has 0 radical (unpaired) electrons. The highest BCUT2D eigenvalue weighted by Gasteiger charge is 2.30. The molecule has 0 aliphatic carbocycles. The van der Waals surface area contributed by atoms with Gasteiger partial charge in [0, 0.05) is 49.5 Å². The summed E-state index contributed by atoms with van der Waals surface area (Å²) in [6, 6.07) is 13.2. The number of rotatable bonds is 5. The SMILES string of the molecule is CC(C)n1cc(C(=O)N2CCN(C(=O)Cc3cccs3)CC2)c2nn(-c3ccccc3)c(=O)c-2c1. The number of carbonyl (C=O) groups is 2. The molecule has 0 saturated carbocycles. The Morgan fingerprint density at radius 2 is 1.69 bits per heavy atom. The van der Waals surface area contributed by atoms with Crippen molar-refractivity contribution in [1.29, 1.82) is 0 Å². The van der Waals surface area contributed by atoms with Crippen LogP contribution in [-0.2, 0) is 11.2 Å². The maximum atomic E-state index is 13.6. The van der Waals surface area contributed by atoms with E-state index in [1.165, 1.54) is 4.68 Å². The first-order valence-electron chi connectivity index (χ1n) is 11.7. The number of aromatic nitrogens is 3. The molecule has 1 aromatic carbocycles. The van der Waals surface area contributed by atoms with Crippen molar-refractivity contribution in [3.8, 4) is 16.9 Å². The number of thiophene rings is 1. The Hall–Kier alpha value is -3.72. The molecule has 1 fully saturated rings. The number of para-hydroxylation sites is 1. The van der Waals surface area contributed by atoms with Crippen LogP contribution in [0.5, 0.6) is 0 Å². The zero-order chi connectivity index (χ0) is 24.5. The number of hydrogen-bond donors (Lipinski definition) is 0. The first-order valence-corrected chi connectivity index (χ1v) is 12.6. The van der Waals surface area contributed by atoms with Crippen LogP contribution >= 0.6 is 11.3 Å². The van der Waals surface area contributed by atoms with Crippen molar-refractivity contribution in [2.75, 3.05) is 26.2 Å². The van der Waals surface area contributed by atoms with Crippen molar-refractivity contribution in [1.82, 2.24) is 24.1 Å². The molecule has 35 heavy (non-hydrogen) atoms. The van der Waals surface area contributed by atoms with Gasteiger partial charge in [0.25, 0.3) is 11.5 Å². The Balaban J connectivity index is 1.41. The quantitative estimate of drug-likeness (QED) is 0.431. The summed E-state index contributed by atoms with van der Waals surface area (Å²) in [5.74, 6) is -0.0926. The van der Waals surface area contributed by atoms with Gasteiger partial charge in [0.2, 0.25) is 5.91 Å². The van der Waals surface area contributed by atoms with Crippen LogP contribution in [0.1, 0.15) is 35.1 Å². The van der Waals surface area contributed by atoms with Gasteiger partial charge in [-0.1, -0.05) is 24.3 Å². The molecule has 0 bridgehead atoms. The van der Waals surface area contributed by atoms with Crippen LogP contribution in [0, 0.1) is 0 Å². The largest absolute Gasteiger partial charge is 0.350 e. The van der Waals surface area contributed by atoms with Crippen molar-refractivity contribution in [3.05, 3.63) is 81.0 Å². The summed E-state index contributed by atoms with van der Waals surface area (Å²) in [6.45, 7) is 5.87. The highest BCUT2D eigenvalue weighted by molar-refractivity contribution is 7.10. The number of pyridine rings is 1. The monoisotopic (exact) mass is 489 g/mol. The van der Waals surface area contributed by atoms with E-state index >= 15 is 0 Å². The fraction of sp³-hybridized carbons (Fsp3) is 0.308. The lowest BCUT2D eigenvalue weighted by atomic mass is 10.1. The maximum Gasteiger partial charge on any atom is 0.282 e. The van der Waals surface area contributed by atoms with E-state index in [1.807, 2.05) is 71.2 Å². The Bertz CT molecular complexity index is 1370. The van der Waals surface area contributed by atoms with Crippen molar-refractivity contribution in [3.63, 3.8) is 0 Å². The summed E-state index contributed by atoms with van der Waals surface area (Å²) >= 11 is 1.58. The molecule has 1 aromatic heterocycles. The summed E-state index contributed by atoms with van der Waals surface area (Å²) in [6.07, 6.45) is 3.95. The van der Waals surface area contributed by atoms with Crippen molar-refractivity contribution in [2.45, 2.75) is 26.3 Å². The van der Waals surface area contributed by atoms with Crippen LogP contribution in [0.4, 0.5) is 0 Å². The van der Waals surface area contributed by atoms with Crippen LogP contribution in [0.25, 0.3) is 16.9 Å². The number of fused-ring (bicyclic) bond motifs is 1. The number of hydrogen-bond acceptors (Lipinski definition) is 5. The van der Waals surface area contributed by atoms with E-state index in [2.05, 4.69) is 5.10 Å². The molecular formula is C26H27N5O3S. The van der Waals surface area contributed by atoms with Gasteiger partial charge in [0.1, 0.15) is 5.69 Å². The van der Waals surface area contributed by atoms with Gasteiger partial charge < -0.3 is 14.4 Å². The molecular weight excluding hydrogens is 462 g/mol. The molecule has 1 saturated heterocycles. The lowest BCUT2D eigenvalue weighted by Crippen LogP contribution is -2.51. The molecule has 0 N–H and O–H groups in total. The number of carbonyl (C=O) groups excluding carboxylic acids is 2. The van der Waals surface area contributed by atoms with Crippen molar-refractivity contribution >= 4 is 23.2 Å². The average Bonchev–Trinajstić information content (AvgIpc) is 3.51. The zero-order valence-corrected chi connectivity index (χ0v) is 20.6. The average molecular weight is 490 g/mol. The molecule has 0 atom stereocenters. The minimum absolute atomic E-state index is 0.0668. The normalized spacial score (nSPS) is 14.1. The molecule has 0 unspecified atom stereocenters. The van der Waals surface area contributed by atoms with Gasteiger partial charge in [0.15, 0.2) is 0 Å². The summed E-state index contributed by atoms with van der Waals surface area (Å²) < 4.78 is 3.24. The minimum atomic E-state index is -0.251. The minimum Gasteiger partial charge on any atom is -0.350 e. The topological polar surface area (TPSA) is 80.4 Å². The Morgan fingerprint density at radius 1 is 0.971 bits per heavy atom. The molecule has 2 aromatic rings. The van der Waals surface area contributed by atoms with Crippen molar-refractivity contribution < 1.29 is 9.59 Å². The van der Waals surface area contributed by atoms with E-state index < -0.39 is 0 Å². The second-order valence-electron chi connectivity index (χ2n) is 8.96. The predicted molar refractivity (Wildman–Crippen MR) is 135 cm³/mol. The molecule has 3 aliphatic rings. The van der Waals surface area contributed by atoms with Crippen LogP contribution < -0.4 is 5.56 Å². The lowest BCUT2D eigenvalue weighted by molar-refractivity contribution is -0.131. The third-order valence-corrected chi connectivity index (χ3v) is 7.22. The number of amides is 2. The van der Waals surface area contributed by atoms with Crippen LogP contribution in [-0.4, -0.2) is 62.1 Å². The fourth-order valence-corrected chi connectivity index (χ4v) is 5.02. The summed E-state index contributed by atoms with van der Waals surface area (Å²) in [5.41, 5.74) is 1.62. The third-order valence-electron chi connectivity index (χ3n) is 6.34. The van der Waals surface area contributed by atoms with Gasteiger partial charge in [-0.05, 0) is 37.4 Å². The van der Waals surface area contributed by atoms with Crippen molar-refractivity contribution in [2.24, 2.45) is 0 Å². The molecule has 0 spiro atoms. The van der Waals surface area contributed by atoms with Crippen LogP contribution in [0.3, 0.4) is 0 Å². The fourth-order valence-electron chi connectivity index (χ4n) is 4.33. The first-order chi connectivity index (χ1) is 16.9. The highest BCUT2D eigenvalue weighted by atomic mass is 32.1. The smallest absolute Gasteiger partial charge is 0.282 e. The maximum absolute atomic E-state index is 13.6. The van der Waals surface area contributed by atoms with E-state index in [-0.39, 0.29) is 23.4 Å². The number of nitrogens with zero attached hydrogens (tertiary/aromatic N) is 5. The first kappa shape index (κ1) is 23.0. The molecule has 2 amide bonds. The molecule has 9 heteroatoms. The lowest BCUT2D eigenvalue weighted by Gasteiger charge is -2.35. The van der Waals surface area contributed by atoms with E-state index in [1.54, 1.807) is 28.6 Å². The van der Waals surface area contributed by atoms with Gasteiger partial charge in [-0.3, -0.25) is 14.4 Å². The van der Waals surface area contributed by atoms with E-state index in [0.29, 0.717) is 55.1 Å². The molecule has 3 aliphatic heterocycles. The van der Waals surface area contributed by atoms with Crippen LogP contribution in [0.2, 0.25) is 0 Å². The van der Waals surface area contributed by atoms with Gasteiger partial charge in [0.05, 0.1) is 23.2 Å². The van der Waals surface area contributed by atoms with Gasteiger partial charge in [-0.15, -0.1) is 11.3 Å². The van der Waals surface area contributed by atoms with E-state index in [9.17, 15) is 14.4 Å². The Labute approximate surface area is 207 Å². The van der Waals surface area contributed by atoms with E-state index in [0.717, 1.165) is 4.88 Å². The number of benzene rings is 1. The van der Waals surface area contributed by atoms with Gasteiger partial charge in [-0.25, -0.2) is 0 Å². The van der Waals surface area contributed by atoms with E-state index in [4.69, 9.17) is 0 Å². The molecule has 180 valence electrons. The molecule has 4 heterocycles. The summed E-state index contributed by atoms with van der Waals surface area (Å²) in [5, 5.41) is 6.53. The van der Waals surface area contributed by atoms with Gasteiger partial charge in [-0.2, -0.15) is 9.78 Å². The summed E-state index contributed by atoms with van der Waals surface area (Å²) in [4.78, 5) is 44.1. The second-order valence-corrected chi connectivity index (χ2v) is 9.99. The Morgan fingerprint density at radius 3 is 2.34 bits per heavy atom. The predicted octanol–water partition coefficient (Wildman–Crippen LogP) is 3.31. The third kappa shape index (κ3) is 4.51. The highest BCUT2D eigenvalue weighted by Crippen LogP contribution is 2.26. The van der Waals surface area contributed by atoms with Crippen LogP contribution in [0.15, 0.2) is 65.0 Å². The summed E-state index contributed by atoms with van der Waals surface area (Å²) in [7, 11) is 0. The van der Waals surface area contributed by atoms with Gasteiger partial charge >= 0.3 is 0 Å². The zero-order valence-electron chi connectivity index (χ0n) is 19.8.